The second-order valence-electron chi connectivity index (χ2n) is 4.84. The van der Waals surface area contributed by atoms with Crippen molar-refractivity contribution >= 4 is 12.0 Å². The van der Waals surface area contributed by atoms with E-state index in [-0.39, 0.29) is 19.2 Å². The monoisotopic (exact) mass is 298 g/mol. The zero-order valence-electron chi connectivity index (χ0n) is 11.2. The Labute approximate surface area is 113 Å². The first-order valence-electron chi connectivity index (χ1n) is 6.06. The zero-order valence-corrected chi connectivity index (χ0v) is 11.2. The van der Waals surface area contributed by atoms with Gasteiger partial charge in [-0.25, -0.2) is 9.59 Å². The number of carboxylic acid groups (broad SMARTS) is 1. The van der Waals surface area contributed by atoms with Gasteiger partial charge in [0, 0.05) is 19.7 Å². The third kappa shape index (κ3) is 3.53. The maximum absolute atomic E-state index is 12.8. The van der Waals surface area contributed by atoms with Gasteiger partial charge in [0.1, 0.15) is 0 Å². The minimum atomic E-state index is -5.09. The Morgan fingerprint density at radius 1 is 1.40 bits per heavy atom. The fourth-order valence-corrected chi connectivity index (χ4v) is 1.72. The van der Waals surface area contributed by atoms with Gasteiger partial charge in [0.2, 0.25) is 5.54 Å². The predicted molar refractivity (Wildman–Crippen MR) is 62.2 cm³/mol. The number of rotatable bonds is 2. The number of aliphatic carboxylic acids is 1. The van der Waals surface area contributed by atoms with Crippen LogP contribution in [0, 0.1) is 0 Å². The molecule has 1 aliphatic heterocycles. The van der Waals surface area contributed by atoms with Crippen LogP contribution in [0.1, 0.15) is 20.3 Å². The molecule has 0 aromatic rings. The SMILES string of the molecule is CC1CN(C(=O)NC(C)(C(=O)O)C(F)(F)F)CCCO1. The predicted octanol–water partition coefficient (Wildman–Crippen LogP) is 1.21. The largest absolute Gasteiger partial charge is 0.479 e. The number of halogens is 3. The van der Waals surface area contributed by atoms with Gasteiger partial charge in [-0.15, -0.1) is 0 Å². The number of hydrogen-bond donors (Lipinski definition) is 2. The van der Waals surface area contributed by atoms with Crippen molar-refractivity contribution in [3.8, 4) is 0 Å². The Kier molecular flexibility index (Phi) is 4.85. The molecule has 2 amide bonds. The van der Waals surface area contributed by atoms with E-state index in [1.165, 1.54) is 0 Å². The molecule has 1 rings (SSSR count). The lowest BCUT2D eigenvalue weighted by atomic mass is 10.0. The van der Waals surface area contributed by atoms with Gasteiger partial charge in [0.15, 0.2) is 0 Å². The Bertz CT molecular complexity index is 388. The van der Waals surface area contributed by atoms with Crippen molar-refractivity contribution in [2.45, 2.75) is 38.1 Å². The maximum Gasteiger partial charge on any atom is 0.422 e. The summed E-state index contributed by atoms with van der Waals surface area (Å²) >= 11 is 0. The van der Waals surface area contributed by atoms with Gasteiger partial charge in [-0.1, -0.05) is 0 Å². The number of alkyl halides is 3. The summed E-state index contributed by atoms with van der Waals surface area (Å²) in [5.41, 5.74) is -3.32. The molecule has 116 valence electrons. The number of nitrogens with one attached hydrogen (secondary N) is 1. The van der Waals surface area contributed by atoms with Crippen molar-refractivity contribution < 1.29 is 32.6 Å². The molecule has 0 spiro atoms. The molecule has 2 unspecified atom stereocenters. The average molecular weight is 298 g/mol. The lowest BCUT2D eigenvalue weighted by Gasteiger charge is -2.32. The molecule has 0 bridgehead atoms. The smallest absolute Gasteiger partial charge is 0.422 e. The summed E-state index contributed by atoms with van der Waals surface area (Å²) in [6.45, 7) is 2.83. The highest BCUT2D eigenvalue weighted by molar-refractivity contribution is 5.86. The summed E-state index contributed by atoms with van der Waals surface area (Å²) in [7, 11) is 0. The van der Waals surface area contributed by atoms with Gasteiger partial charge < -0.3 is 20.1 Å². The standard InChI is InChI=1S/C11H17F3N2O4/c1-7-6-16(4-3-5-20-7)9(19)15-10(2,8(17)18)11(12,13)14/h7H,3-6H2,1-2H3,(H,15,19)(H,17,18). The summed E-state index contributed by atoms with van der Waals surface area (Å²) in [6, 6.07) is -1.07. The number of carboxylic acids is 1. The third-order valence-corrected chi connectivity index (χ3v) is 3.09. The van der Waals surface area contributed by atoms with E-state index < -0.39 is 23.7 Å². The number of hydrogen-bond acceptors (Lipinski definition) is 3. The highest BCUT2D eigenvalue weighted by Crippen LogP contribution is 2.30. The van der Waals surface area contributed by atoms with Crippen LogP contribution in [0.25, 0.3) is 0 Å². The van der Waals surface area contributed by atoms with Crippen LogP contribution in [0.4, 0.5) is 18.0 Å². The van der Waals surface area contributed by atoms with Crippen LogP contribution >= 0.6 is 0 Å². The van der Waals surface area contributed by atoms with E-state index in [1.54, 1.807) is 12.2 Å². The minimum Gasteiger partial charge on any atom is -0.479 e. The van der Waals surface area contributed by atoms with Gasteiger partial charge >= 0.3 is 18.2 Å². The number of carbonyl (C=O) groups is 2. The Hall–Kier alpha value is -1.51. The summed E-state index contributed by atoms with van der Waals surface area (Å²) < 4.78 is 43.7. The normalized spacial score (nSPS) is 23.6. The lowest BCUT2D eigenvalue weighted by molar-refractivity contribution is -0.203. The fourth-order valence-electron chi connectivity index (χ4n) is 1.72. The van der Waals surface area contributed by atoms with E-state index in [0.717, 1.165) is 4.90 Å². The van der Waals surface area contributed by atoms with Crippen LogP contribution in [0.3, 0.4) is 0 Å². The molecule has 0 aromatic heterocycles. The second kappa shape index (κ2) is 5.86. The lowest BCUT2D eigenvalue weighted by Crippen LogP contribution is -2.64. The van der Waals surface area contributed by atoms with Crippen LogP contribution < -0.4 is 5.32 Å². The zero-order chi connectivity index (χ0) is 15.6. The molecule has 20 heavy (non-hydrogen) atoms. The first-order chi connectivity index (χ1) is 9.08. The highest BCUT2D eigenvalue weighted by atomic mass is 19.4. The molecule has 2 atom stereocenters. The van der Waals surface area contributed by atoms with E-state index in [4.69, 9.17) is 9.84 Å². The van der Waals surface area contributed by atoms with E-state index in [9.17, 15) is 22.8 Å². The van der Waals surface area contributed by atoms with Gasteiger partial charge in [-0.05, 0) is 20.3 Å². The molecule has 2 N–H and O–H groups in total. The first-order valence-corrected chi connectivity index (χ1v) is 6.06. The Balaban J connectivity index is 2.83. The van der Waals surface area contributed by atoms with Gasteiger partial charge in [-0.2, -0.15) is 13.2 Å². The molecular formula is C11H17F3N2O4. The summed E-state index contributed by atoms with van der Waals surface area (Å²) in [5, 5.41) is 10.3. The second-order valence-corrected chi connectivity index (χ2v) is 4.84. The Morgan fingerprint density at radius 3 is 2.50 bits per heavy atom. The summed E-state index contributed by atoms with van der Waals surface area (Å²) in [5.74, 6) is -2.16. The number of amides is 2. The maximum atomic E-state index is 12.8. The Morgan fingerprint density at radius 2 is 2.00 bits per heavy atom. The molecular weight excluding hydrogens is 281 g/mol. The van der Waals surface area contributed by atoms with E-state index in [2.05, 4.69) is 0 Å². The number of nitrogens with zero attached hydrogens (tertiary/aromatic N) is 1. The number of urea groups is 1. The van der Waals surface area contributed by atoms with Crippen molar-refractivity contribution in [3.05, 3.63) is 0 Å². The summed E-state index contributed by atoms with van der Waals surface area (Å²) in [4.78, 5) is 23.8. The number of carbonyl (C=O) groups excluding carboxylic acids is 1. The van der Waals surface area contributed by atoms with Crippen molar-refractivity contribution in [3.63, 3.8) is 0 Å². The third-order valence-electron chi connectivity index (χ3n) is 3.09. The fraction of sp³-hybridized carbons (Fsp3) is 0.818. The molecule has 6 nitrogen and oxygen atoms in total. The molecule has 0 radical (unpaired) electrons. The van der Waals surface area contributed by atoms with E-state index >= 15 is 0 Å². The number of ether oxygens (including phenoxy) is 1. The van der Waals surface area contributed by atoms with Crippen molar-refractivity contribution in [1.82, 2.24) is 10.2 Å². The molecule has 1 fully saturated rings. The average Bonchev–Trinajstić information content (AvgIpc) is 2.52. The molecule has 1 heterocycles. The van der Waals surface area contributed by atoms with Crippen LogP contribution in [0.2, 0.25) is 0 Å². The van der Waals surface area contributed by atoms with E-state index in [1.807, 2.05) is 0 Å². The first kappa shape index (κ1) is 16.5. The van der Waals surface area contributed by atoms with Gasteiger partial charge in [0.05, 0.1) is 6.10 Å². The van der Waals surface area contributed by atoms with Crippen LogP contribution in [-0.2, 0) is 9.53 Å². The van der Waals surface area contributed by atoms with Crippen molar-refractivity contribution in [2.75, 3.05) is 19.7 Å². The van der Waals surface area contributed by atoms with Crippen LogP contribution in [-0.4, -0.2) is 59.5 Å². The highest BCUT2D eigenvalue weighted by Gasteiger charge is 2.58. The van der Waals surface area contributed by atoms with E-state index in [0.29, 0.717) is 20.0 Å². The molecule has 1 saturated heterocycles. The van der Waals surface area contributed by atoms with Gasteiger partial charge in [-0.3, -0.25) is 0 Å². The molecule has 0 saturated carbocycles. The van der Waals surface area contributed by atoms with Crippen LogP contribution in [0.5, 0.6) is 0 Å². The quantitative estimate of drug-likeness (QED) is 0.803. The topological polar surface area (TPSA) is 78.9 Å². The molecule has 0 aliphatic carbocycles. The van der Waals surface area contributed by atoms with Crippen molar-refractivity contribution in [1.29, 1.82) is 0 Å². The van der Waals surface area contributed by atoms with Gasteiger partial charge in [0.25, 0.3) is 0 Å². The minimum absolute atomic E-state index is 0.111. The molecule has 1 aliphatic rings. The molecule has 9 heteroatoms. The summed E-state index contributed by atoms with van der Waals surface area (Å²) in [6.07, 6.45) is -4.93. The molecule has 0 aromatic carbocycles. The van der Waals surface area contributed by atoms with Crippen molar-refractivity contribution in [2.24, 2.45) is 0 Å². The van der Waals surface area contributed by atoms with Crippen LogP contribution in [0.15, 0.2) is 0 Å².